The van der Waals surface area contributed by atoms with Crippen molar-refractivity contribution in [1.82, 2.24) is 9.80 Å². The lowest BCUT2D eigenvalue weighted by Gasteiger charge is -2.25. The Morgan fingerprint density at radius 1 is 1.02 bits per heavy atom. The second-order valence-corrected chi connectivity index (χ2v) is 12.0. The van der Waals surface area contributed by atoms with E-state index in [1.807, 2.05) is 0 Å². The van der Waals surface area contributed by atoms with Crippen LogP contribution in [0.3, 0.4) is 0 Å². The molecule has 2 aliphatic heterocycles. The van der Waals surface area contributed by atoms with E-state index in [2.05, 4.69) is 60.2 Å². The fourth-order valence-corrected chi connectivity index (χ4v) is 5.59. The smallest absolute Gasteiger partial charge is 0.380 e. The molecule has 1 amide bonds. The molecule has 0 saturated carbocycles. The number of halogens is 3. The van der Waals surface area contributed by atoms with Crippen LogP contribution in [0.15, 0.2) is 42.5 Å². The highest BCUT2D eigenvalue weighted by Crippen LogP contribution is 2.38. The van der Waals surface area contributed by atoms with Crippen molar-refractivity contribution in [3.05, 3.63) is 63.7 Å². The fourth-order valence-electron chi connectivity index (χ4n) is 5.59. The summed E-state index contributed by atoms with van der Waals surface area (Å²) >= 11 is 0. The third-order valence-corrected chi connectivity index (χ3v) is 7.96. The van der Waals surface area contributed by atoms with Crippen LogP contribution in [0.4, 0.5) is 30.2 Å². The first-order valence-corrected chi connectivity index (χ1v) is 14.3. The van der Waals surface area contributed by atoms with Crippen molar-refractivity contribution in [2.45, 2.75) is 71.5 Å². The normalized spacial score (nSPS) is 18.4. The second kappa shape index (κ2) is 13.8. The molecule has 2 heterocycles. The largest absolute Gasteiger partial charge is 0.423 e. The van der Waals surface area contributed by atoms with Crippen LogP contribution >= 0.6 is 0 Å². The molecule has 2 aliphatic rings. The van der Waals surface area contributed by atoms with Gasteiger partial charge in [-0.1, -0.05) is 40.3 Å². The van der Waals surface area contributed by atoms with Crippen LogP contribution in [-0.2, 0) is 16.4 Å². The molecule has 4 rings (SSSR count). The first kappa shape index (κ1) is 33.2. The lowest BCUT2D eigenvalue weighted by atomic mass is 9.87. The maximum Gasteiger partial charge on any atom is 0.423 e. The van der Waals surface area contributed by atoms with Crippen molar-refractivity contribution in [2.24, 2.45) is 0 Å². The van der Waals surface area contributed by atoms with Gasteiger partial charge in [0.05, 0.1) is 4.92 Å². The van der Waals surface area contributed by atoms with E-state index in [-0.39, 0.29) is 30.5 Å². The number of rotatable bonds is 8. The Bertz CT molecular complexity index is 1210. The third-order valence-electron chi connectivity index (χ3n) is 7.96. The lowest BCUT2D eigenvalue weighted by Crippen LogP contribution is -2.33. The highest BCUT2D eigenvalue weighted by Gasteiger charge is 2.38. The summed E-state index contributed by atoms with van der Waals surface area (Å²) < 4.78 is 39.9. The van der Waals surface area contributed by atoms with E-state index in [1.165, 1.54) is 17.3 Å². The molecule has 0 aliphatic carbocycles. The summed E-state index contributed by atoms with van der Waals surface area (Å²) in [5.41, 5.74) is 0.598. The van der Waals surface area contributed by atoms with Crippen molar-refractivity contribution in [3.63, 3.8) is 0 Å². The quantitative estimate of drug-likeness (QED) is 0.277. The van der Waals surface area contributed by atoms with E-state index in [0.717, 1.165) is 57.7 Å². The molecular formula is C31H44F3N5O3. The average molecular weight is 592 g/mol. The maximum atomic E-state index is 13.3. The number of amides is 1. The van der Waals surface area contributed by atoms with Crippen molar-refractivity contribution < 1.29 is 22.9 Å². The summed E-state index contributed by atoms with van der Waals surface area (Å²) in [5.74, 6) is 0.0457. The molecule has 0 unspecified atom stereocenters. The summed E-state index contributed by atoms with van der Waals surface area (Å²) in [7, 11) is 0. The number of nitrogens with zero attached hydrogens (tertiary/aromatic N) is 4. The number of nitro benzene ring substituents is 1. The molecule has 0 spiro atoms. The van der Waals surface area contributed by atoms with Gasteiger partial charge < -0.3 is 20.0 Å². The predicted octanol–water partition coefficient (Wildman–Crippen LogP) is 6.55. The van der Waals surface area contributed by atoms with E-state index in [1.54, 1.807) is 4.90 Å². The third kappa shape index (κ3) is 8.59. The molecular weight excluding hydrogens is 547 g/mol. The number of benzene rings is 2. The van der Waals surface area contributed by atoms with Gasteiger partial charge in [-0.05, 0) is 67.6 Å². The highest BCUT2D eigenvalue weighted by molar-refractivity contribution is 5.76. The van der Waals surface area contributed by atoms with Crippen molar-refractivity contribution in [1.29, 1.82) is 0 Å². The Morgan fingerprint density at radius 3 is 2.38 bits per heavy atom. The minimum atomic E-state index is -4.83. The van der Waals surface area contributed by atoms with E-state index in [0.29, 0.717) is 25.9 Å². The van der Waals surface area contributed by atoms with Crippen LogP contribution in [0.1, 0.15) is 65.0 Å². The monoisotopic (exact) mass is 591 g/mol. The molecule has 1 atom stereocenters. The molecule has 232 valence electrons. The number of anilines is 2. The second-order valence-electron chi connectivity index (χ2n) is 12.0. The van der Waals surface area contributed by atoms with Crippen LogP contribution in [0.25, 0.3) is 0 Å². The summed E-state index contributed by atoms with van der Waals surface area (Å²) in [5, 5.41) is 14.0. The van der Waals surface area contributed by atoms with Gasteiger partial charge in [-0.25, -0.2) is 0 Å². The van der Waals surface area contributed by atoms with Crippen LogP contribution in [-0.4, -0.2) is 72.5 Å². The van der Waals surface area contributed by atoms with E-state index >= 15 is 0 Å². The zero-order valence-electron chi connectivity index (χ0n) is 24.0. The number of hydrogen-bond donors (Lipinski definition) is 1. The zero-order valence-corrected chi connectivity index (χ0v) is 24.0. The van der Waals surface area contributed by atoms with Gasteiger partial charge >= 0.3 is 6.18 Å². The van der Waals surface area contributed by atoms with Gasteiger partial charge in [-0.2, -0.15) is 13.2 Å². The van der Waals surface area contributed by atoms with Crippen LogP contribution in [0.2, 0.25) is 0 Å². The van der Waals surface area contributed by atoms with Gasteiger partial charge in [0.25, 0.3) is 5.69 Å². The Hall–Kier alpha value is -3.34. The minimum Gasteiger partial charge on any atom is -0.380 e. The standard InChI is InChI=1S/C30H40F3N5O3.CH4/c1-29(2,3)22-7-10-25(11-8-22)36-16-5-15-35(18-19-36)14-4-6-28(39)37-17-13-24(21-37)34-23-9-12-27(38(40)41)26(20-23)30(31,32)33;/h7-12,20,24,34H,4-6,13-19,21H2,1-3H3;1H4/t24-;/m1./s1. The summed E-state index contributed by atoms with van der Waals surface area (Å²) in [6.45, 7) is 12.3. The van der Waals surface area contributed by atoms with Crippen molar-refractivity contribution >= 4 is 23.0 Å². The van der Waals surface area contributed by atoms with Crippen molar-refractivity contribution in [3.8, 4) is 0 Å². The zero-order chi connectivity index (χ0) is 29.8. The molecule has 11 heteroatoms. The number of likely N-dealkylation sites (tertiary alicyclic amines) is 1. The number of hydrogen-bond acceptors (Lipinski definition) is 6. The molecule has 0 radical (unpaired) electrons. The molecule has 1 N–H and O–H groups in total. The lowest BCUT2D eigenvalue weighted by molar-refractivity contribution is -0.388. The summed E-state index contributed by atoms with van der Waals surface area (Å²) in [6.07, 6.45) is -1.99. The Balaban J connectivity index is 0.00000484. The highest BCUT2D eigenvalue weighted by atomic mass is 19.4. The summed E-state index contributed by atoms with van der Waals surface area (Å²) in [6, 6.07) is 11.6. The average Bonchev–Trinajstić information content (AvgIpc) is 3.24. The summed E-state index contributed by atoms with van der Waals surface area (Å²) in [4.78, 5) is 29.4. The number of nitro groups is 1. The number of carbonyl (C=O) groups is 1. The number of nitrogens with one attached hydrogen (secondary N) is 1. The van der Waals surface area contributed by atoms with Gasteiger partial charge in [0.15, 0.2) is 0 Å². The minimum absolute atomic E-state index is 0. The fraction of sp³-hybridized carbons (Fsp3) is 0.581. The maximum absolute atomic E-state index is 13.3. The molecule has 2 fully saturated rings. The SMILES string of the molecule is C.CC(C)(C)c1ccc(N2CCCN(CCCC(=O)N3CC[C@@H](Nc4ccc([N+](=O)[O-])c(C(F)(F)F)c4)C3)CC2)cc1. The molecule has 42 heavy (non-hydrogen) atoms. The van der Waals surface area contributed by atoms with Gasteiger partial charge in [0.1, 0.15) is 5.56 Å². The first-order chi connectivity index (χ1) is 19.3. The first-order valence-electron chi connectivity index (χ1n) is 14.3. The van der Waals surface area contributed by atoms with Crippen LogP contribution in [0, 0.1) is 10.1 Å². The Labute approximate surface area is 247 Å². The van der Waals surface area contributed by atoms with E-state index in [9.17, 15) is 28.1 Å². The van der Waals surface area contributed by atoms with Gasteiger partial charge in [-0.15, -0.1) is 0 Å². The van der Waals surface area contributed by atoms with Crippen LogP contribution < -0.4 is 10.2 Å². The molecule has 2 aromatic rings. The molecule has 2 saturated heterocycles. The molecule has 0 aromatic heterocycles. The Morgan fingerprint density at radius 2 is 1.74 bits per heavy atom. The topological polar surface area (TPSA) is 82.0 Å². The molecule has 8 nitrogen and oxygen atoms in total. The Kier molecular flexibility index (Phi) is 10.9. The van der Waals surface area contributed by atoms with Crippen LogP contribution in [0.5, 0.6) is 0 Å². The van der Waals surface area contributed by atoms with Gasteiger partial charge in [-0.3, -0.25) is 14.9 Å². The van der Waals surface area contributed by atoms with E-state index in [4.69, 9.17) is 0 Å². The molecule has 0 bridgehead atoms. The number of alkyl halides is 3. The van der Waals surface area contributed by atoms with Crippen molar-refractivity contribution in [2.75, 3.05) is 56.0 Å². The van der Waals surface area contributed by atoms with Gasteiger partial charge in [0.2, 0.25) is 5.91 Å². The van der Waals surface area contributed by atoms with Gasteiger partial charge in [0, 0.05) is 62.6 Å². The number of carbonyl (C=O) groups excluding carboxylic acids is 1. The predicted molar refractivity (Wildman–Crippen MR) is 161 cm³/mol. The van der Waals surface area contributed by atoms with E-state index < -0.39 is 22.4 Å². The molecule has 2 aromatic carbocycles.